The monoisotopic (exact) mass is 303 g/mol. The average Bonchev–Trinajstić information content (AvgIpc) is 2.87. The summed E-state index contributed by atoms with van der Waals surface area (Å²) in [6, 6.07) is 10.2. The van der Waals surface area contributed by atoms with E-state index in [1.807, 2.05) is 18.2 Å². The fraction of sp³-hybridized carbons (Fsp3) is 0.375. The van der Waals surface area contributed by atoms with Crippen molar-refractivity contribution in [3.8, 4) is 11.3 Å². The third-order valence-electron chi connectivity index (χ3n) is 3.16. The molecule has 0 saturated heterocycles. The number of aromatic nitrogens is 1. The highest BCUT2D eigenvalue weighted by molar-refractivity contribution is 7.12. The van der Waals surface area contributed by atoms with Crippen molar-refractivity contribution in [1.29, 1.82) is 0 Å². The molecule has 0 unspecified atom stereocenters. The van der Waals surface area contributed by atoms with Crippen LogP contribution in [-0.4, -0.2) is 24.0 Å². The van der Waals surface area contributed by atoms with Crippen molar-refractivity contribution in [3.05, 3.63) is 40.2 Å². The number of nitrogens with zero attached hydrogens (tertiary/aromatic N) is 1. The van der Waals surface area contributed by atoms with E-state index in [0.717, 1.165) is 29.1 Å². The number of benzene rings is 1. The van der Waals surface area contributed by atoms with Gasteiger partial charge in [-0.2, -0.15) is 0 Å². The van der Waals surface area contributed by atoms with Gasteiger partial charge in [-0.25, -0.2) is 4.98 Å². The van der Waals surface area contributed by atoms with Gasteiger partial charge in [-0.1, -0.05) is 30.3 Å². The van der Waals surface area contributed by atoms with Crippen LogP contribution in [0.1, 0.15) is 22.7 Å². The van der Waals surface area contributed by atoms with Crippen LogP contribution in [0.3, 0.4) is 0 Å². The van der Waals surface area contributed by atoms with Gasteiger partial charge in [0, 0.05) is 29.8 Å². The van der Waals surface area contributed by atoms with Crippen LogP contribution >= 0.6 is 11.3 Å². The summed E-state index contributed by atoms with van der Waals surface area (Å²) in [5, 5.41) is 3.97. The van der Waals surface area contributed by atoms with Crippen LogP contribution in [0.25, 0.3) is 11.3 Å². The average molecular weight is 303 g/mol. The largest absolute Gasteiger partial charge is 0.356 e. The Hall–Kier alpha value is -1.72. The quantitative estimate of drug-likeness (QED) is 0.826. The fourth-order valence-corrected chi connectivity index (χ4v) is 3.04. The van der Waals surface area contributed by atoms with Crippen molar-refractivity contribution in [3.63, 3.8) is 0 Å². The molecular formula is C16H21N3OS. The first kappa shape index (κ1) is 15.7. The number of nitrogens with one attached hydrogen (secondary N) is 1. The maximum atomic E-state index is 11.5. The molecule has 2 rings (SSSR count). The molecule has 3 N–H and O–H groups in total. The molecule has 1 amide bonds. The van der Waals surface area contributed by atoms with Gasteiger partial charge in [-0.3, -0.25) is 4.79 Å². The molecule has 0 bridgehead atoms. The van der Waals surface area contributed by atoms with Crippen LogP contribution in [0.5, 0.6) is 0 Å². The zero-order valence-corrected chi connectivity index (χ0v) is 13.1. The van der Waals surface area contributed by atoms with E-state index in [1.54, 1.807) is 11.3 Å². The highest BCUT2D eigenvalue weighted by atomic mass is 32.1. The Morgan fingerprint density at radius 3 is 2.81 bits per heavy atom. The molecule has 112 valence electrons. The van der Waals surface area contributed by atoms with E-state index in [4.69, 9.17) is 5.73 Å². The minimum atomic E-state index is 0.0667. The summed E-state index contributed by atoms with van der Waals surface area (Å²) < 4.78 is 0. The van der Waals surface area contributed by atoms with Crippen LogP contribution < -0.4 is 11.1 Å². The number of carbonyl (C=O) groups is 1. The number of nitrogens with two attached hydrogens (primary N) is 1. The van der Waals surface area contributed by atoms with Gasteiger partial charge in [0.25, 0.3) is 0 Å². The molecule has 1 aromatic heterocycles. The van der Waals surface area contributed by atoms with Crippen LogP contribution in [0, 0.1) is 6.92 Å². The lowest BCUT2D eigenvalue weighted by Crippen LogP contribution is -2.25. The van der Waals surface area contributed by atoms with E-state index in [-0.39, 0.29) is 5.91 Å². The van der Waals surface area contributed by atoms with E-state index < -0.39 is 0 Å². The first-order chi connectivity index (χ1) is 10.2. The molecule has 21 heavy (non-hydrogen) atoms. The molecule has 0 spiro atoms. The Morgan fingerprint density at radius 1 is 1.33 bits per heavy atom. The van der Waals surface area contributed by atoms with Gasteiger partial charge in [0.05, 0.1) is 10.7 Å². The SMILES string of the molecule is Cc1sc(CCNC(=O)CCCN)nc1-c1ccccc1. The second kappa shape index (κ2) is 7.90. The third-order valence-corrected chi connectivity index (χ3v) is 4.19. The molecule has 1 aromatic carbocycles. The fourth-order valence-electron chi connectivity index (χ4n) is 2.08. The number of hydrogen-bond donors (Lipinski definition) is 2. The van der Waals surface area contributed by atoms with E-state index in [2.05, 4.69) is 29.4 Å². The van der Waals surface area contributed by atoms with E-state index in [9.17, 15) is 4.79 Å². The predicted molar refractivity (Wildman–Crippen MR) is 87.3 cm³/mol. The Morgan fingerprint density at radius 2 is 2.10 bits per heavy atom. The second-order valence-corrected chi connectivity index (χ2v) is 6.16. The Bertz CT molecular complexity index is 580. The lowest BCUT2D eigenvalue weighted by atomic mass is 10.1. The highest BCUT2D eigenvalue weighted by Gasteiger charge is 2.09. The van der Waals surface area contributed by atoms with Gasteiger partial charge < -0.3 is 11.1 Å². The number of aryl methyl sites for hydroxylation is 1. The number of hydrogen-bond acceptors (Lipinski definition) is 4. The van der Waals surface area contributed by atoms with Gasteiger partial charge >= 0.3 is 0 Å². The molecule has 0 fully saturated rings. The topological polar surface area (TPSA) is 68.0 Å². The molecule has 0 aliphatic heterocycles. The van der Waals surface area contributed by atoms with Crippen molar-refractivity contribution in [2.75, 3.05) is 13.1 Å². The molecule has 4 nitrogen and oxygen atoms in total. The molecule has 0 radical (unpaired) electrons. The molecule has 5 heteroatoms. The lowest BCUT2D eigenvalue weighted by molar-refractivity contribution is -0.121. The minimum Gasteiger partial charge on any atom is -0.356 e. The zero-order valence-electron chi connectivity index (χ0n) is 12.3. The standard InChI is InChI=1S/C16H21N3OS/c1-12-16(13-6-3-2-4-7-13)19-15(21-12)9-11-18-14(20)8-5-10-17/h2-4,6-7H,5,8-11,17H2,1H3,(H,18,20). The minimum absolute atomic E-state index is 0.0667. The van der Waals surface area contributed by atoms with Crippen LogP contribution in [0.15, 0.2) is 30.3 Å². The molecule has 0 saturated carbocycles. The normalized spacial score (nSPS) is 10.6. The maximum Gasteiger partial charge on any atom is 0.220 e. The second-order valence-electron chi connectivity index (χ2n) is 4.87. The molecule has 0 aliphatic rings. The van der Waals surface area contributed by atoms with E-state index in [1.165, 1.54) is 4.88 Å². The summed E-state index contributed by atoms with van der Waals surface area (Å²) in [7, 11) is 0. The summed E-state index contributed by atoms with van der Waals surface area (Å²) in [6.07, 6.45) is 2.01. The van der Waals surface area contributed by atoms with Gasteiger partial charge in [-0.15, -0.1) is 11.3 Å². The smallest absolute Gasteiger partial charge is 0.220 e. The Labute approximate surface area is 129 Å². The number of rotatable bonds is 7. The van der Waals surface area contributed by atoms with Crippen molar-refractivity contribution in [2.45, 2.75) is 26.2 Å². The Balaban J connectivity index is 1.90. The maximum absolute atomic E-state index is 11.5. The summed E-state index contributed by atoms with van der Waals surface area (Å²) in [5.41, 5.74) is 7.57. The molecule has 0 aliphatic carbocycles. The summed E-state index contributed by atoms with van der Waals surface area (Å²) in [6.45, 7) is 3.27. The van der Waals surface area contributed by atoms with Gasteiger partial charge in [0.1, 0.15) is 0 Å². The van der Waals surface area contributed by atoms with Crippen LogP contribution in [-0.2, 0) is 11.2 Å². The highest BCUT2D eigenvalue weighted by Crippen LogP contribution is 2.27. The number of amides is 1. The van der Waals surface area contributed by atoms with E-state index in [0.29, 0.717) is 19.5 Å². The molecular weight excluding hydrogens is 282 g/mol. The van der Waals surface area contributed by atoms with Crippen LogP contribution in [0.2, 0.25) is 0 Å². The zero-order chi connectivity index (χ0) is 15.1. The Kier molecular flexibility index (Phi) is 5.90. The van der Waals surface area contributed by atoms with Crippen molar-refractivity contribution < 1.29 is 4.79 Å². The molecule has 2 aromatic rings. The molecule has 0 atom stereocenters. The molecule has 1 heterocycles. The first-order valence-corrected chi connectivity index (χ1v) is 8.01. The van der Waals surface area contributed by atoms with Crippen molar-refractivity contribution in [1.82, 2.24) is 10.3 Å². The lowest BCUT2D eigenvalue weighted by Gasteiger charge is -2.02. The van der Waals surface area contributed by atoms with Gasteiger partial charge in [0.2, 0.25) is 5.91 Å². The van der Waals surface area contributed by atoms with E-state index >= 15 is 0 Å². The number of thiazole rings is 1. The summed E-state index contributed by atoms with van der Waals surface area (Å²) in [4.78, 5) is 17.4. The predicted octanol–water partition coefficient (Wildman–Crippen LogP) is 2.52. The van der Waals surface area contributed by atoms with Gasteiger partial charge in [0.15, 0.2) is 0 Å². The summed E-state index contributed by atoms with van der Waals surface area (Å²) in [5.74, 6) is 0.0667. The van der Waals surface area contributed by atoms with Crippen molar-refractivity contribution in [2.24, 2.45) is 5.73 Å². The van der Waals surface area contributed by atoms with Crippen molar-refractivity contribution >= 4 is 17.2 Å². The van der Waals surface area contributed by atoms with Gasteiger partial charge in [-0.05, 0) is 19.9 Å². The summed E-state index contributed by atoms with van der Waals surface area (Å²) >= 11 is 1.70. The number of carbonyl (C=O) groups excluding carboxylic acids is 1. The van der Waals surface area contributed by atoms with Crippen LogP contribution in [0.4, 0.5) is 0 Å². The first-order valence-electron chi connectivity index (χ1n) is 7.19. The third kappa shape index (κ3) is 4.65.